The van der Waals surface area contributed by atoms with Crippen molar-refractivity contribution in [2.45, 2.75) is 0 Å². The summed E-state index contributed by atoms with van der Waals surface area (Å²) in [6, 6.07) is 4.74. The van der Waals surface area contributed by atoms with Crippen LogP contribution >= 0.6 is 0 Å². The van der Waals surface area contributed by atoms with E-state index >= 15 is 0 Å². The maximum absolute atomic E-state index is 11.5. The second-order valence-electron chi connectivity index (χ2n) is 3.24. The number of anilines is 1. The van der Waals surface area contributed by atoms with Gasteiger partial charge in [-0.15, -0.1) is 0 Å². The minimum Gasteiger partial charge on any atom is -0.487 e. The first kappa shape index (κ1) is 12.8. The van der Waals surface area contributed by atoms with Crippen molar-refractivity contribution in [3.8, 4) is 5.75 Å². The van der Waals surface area contributed by atoms with E-state index in [2.05, 4.69) is 13.2 Å². The number of nitrogen functional groups attached to an aromatic ring is 1. The predicted octanol–water partition coefficient (Wildman–Crippen LogP) is 2.18. The molecule has 0 radical (unpaired) electrons. The monoisotopic (exact) mass is 233 g/mol. The number of ether oxygens (including phenoxy) is 2. The normalized spacial score (nSPS) is 9.41. The molecule has 17 heavy (non-hydrogen) atoms. The fourth-order valence-electron chi connectivity index (χ4n) is 1.17. The number of nitrogens with two attached hydrogens (primary N) is 1. The Morgan fingerprint density at radius 1 is 1.29 bits per heavy atom. The Morgan fingerprint density at radius 2 is 2.00 bits per heavy atom. The van der Waals surface area contributed by atoms with Gasteiger partial charge in [-0.2, -0.15) is 0 Å². The fourth-order valence-corrected chi connectivity index (χ4v) is 1.17. The maximum atomic E-state index is 11.5. The molecule has 0 saturated carbocycles. The third-order valence-corrected chi connectivity index (χ3v) is 1.93. The molecule has 0 spiro atoms. The van der Waals surface area contributed by atoms with Crippen molar-refractivity contribution in [2.24, 2.45) is 0 Å². The number of carbonyl (C=O) groups is 1. The van der Waals surface area contributed by atoms with Crippen LogP contribution in [-0.4, -0.2) is 19.2 Å². The number of rotatable bonds is 6. The molecule has 0 unspecified atom stereocenters. The quantitative estimate of drug-likeness (QED) is 0.464. The average molecular weight is 233 g/mol. The summed E-state index contributed by atoms with van der Waals surface area (Å²) in [6.45, 7) is 7.54. The molecular weight excluding hydrogens is 218 g/mol. The van der Waals surface area contributed by atoms with Crippen LogP contribution in [0.5, 0.6) is 5.75 Å². The second-order valence-corrected chi connectivity index (χ2v) is 3.24. The van der Waals surface area contributed by atoms with Crippen LogP contribution in [0.2, 0.25) is 0 Å². The number of hydrogen-bond donors (Lipinski definition) is 1. The molecule has 0 fully saturated rings. The third-order valence-electron chi connectivity index (χ3n) is 1.93. The summed E-state index contributed by atoms with van der Waals surface area (Å²) in [5.41, 5.74) is 6.51. The summed E-state index contributed by atoms with van der Waals surface area (Å²) in [6.07, 6.45) is 3.12. The molecule has 4 nitrogen and oxygen atoms in total. The number of esters is 1. The van der Waals surface area contributed by atoms with Crippen molar-refractivity contribution in [1.82, 2.24) is 0 Å². The molecule has 0 aliphatic carbocycles. The zero-order valence-electron chi connectivity index (χ0n) is 9.52. The smallest absolute Gasteiger partial charge is 0.338 e. The molecule has 1 aromatic rings. The Morgan fingerprint density at radius 3 is 2.59 bits per heavy atom. The summed E-state index contributed by atoms with van der Waals surface area (Å²) < 4.78 is 10.2. The van der Waals surface area contributed by atoms with Gasteiger partial charge < -0.3 is 15.2 Å². The van der Waals surface area contributed by atoms with Gasteiger partial charge in [0.05, 0.1) is 11.3 Å². The number of hydrogen-bond acceptors (Lipinski definition) is 4. The van der Waals surface area contributed by atoms with Crippen LogP contribution in [0, 0.1) is 0 Å². The molecular formula is C13H15NO3. The van der Waals surface area contributed by atoms with Crippen molar-refractivity contribution >= 4 is 11.7 Å². The summed E-state index contributed by atoms with van der Waals surface area (Å²) in [4.78, 5) is 11.5. The minimum atomic E-state index is -0.438. The van der Waals surface area contributed by atoms with Crippen molar-refractivity contribution in [2.75, 3.05) is 18.9 Å². The van der Waals surface area contributed by atoms with E-state index in [1.807, 2.05) is 0 Å². The van der Waals surface area contributed by atoms with Gasteiger partial charge in [-0.1, -0.05) is 25.3 Å². The van der Waals surface area contributed by atoms with Crippen molar-refractivity contribution in [3.63, 3.8) is 0 Å². The predicted molar refractivity (Wildman–Crippen MR) is 67.0 cm³/mol. The SMILES string of the molecule is C=CCOC(=O)c1ccc(OCC=C)c(N)c1. The highest BCUT2D eigenvalue weighted by Gasteiger charge is 2.09. The molecule has 2 N–H and O–H groups in total. The summed E-state index contributed by atoms with van der Waals surface area (Å²) in [5, 5.41) is 0. The van der Waals surface area contributed by atoms with Gasteiger partial charge in [0.2, 0.25) is 0 Å². The van der Waals surface area contributed by atoms with Crippen LogP contribution in [0.15, 0.2) is 43.5 Å². The Kier molecular flexibility index (Phi) is 4.81. The average Bonchev–Trinajstić information content (AvgIpc) is 2.34. The highest BCUT2D eigenvalue weighted by atomic mass is 16.5. The Bertz CT molecular complexity index is 427. The lowest BCUT2D eigenvalue weighted by molar-refractivity contribution is 0.0550. The van der Waals surface area contributed by atoms with Gasteiger partial charge in [0, 0.05) is 0 Å². The van der Waals surface area contributed by atoms with Crippen molar-refractivity contribution in [3.05, 3.63) is 49.1 Å². The minimum absolute atomic E-state index is 0.174. The van der Waals surface area contributed by atoms with E-state index in [1.54, 1.807) is 18.2 Å². The van der Waals surface area contributed by atoms with Crippen LogP contribution < -0.4 is 10.5 Å². The van der Waals surface area contributed by atoms with E-state index in [0.717, 1.165) is 0 Å². The largest absolute Gasteiger partial charge is 0.487 e. The maximum Gasteiger partial charge on any atom is 0.338 e. The first-order valence-electron chi connectivity index (χ1n) is 5.10. The molecule has 0 aliphatic heterocycles. The third kappa shape index (κ3) is 3.68. The standard InChI is InChI=1S/C13H15NO3/c1-3-7-16-12-6-5-10(9-11(12)14)13(15)17-8-4-2/h3-6,9H,1-2,7-8,14H2. The molecule has 0 amide bonds. The van der Waals surface area contributed by atoms with Gasteiger partial charge in [-0.3, -0.25) is 0 Å². The van der Waals surface area contributed by atoms with Crippen molar-refractivity contribution < 1.29 is 14.3 Å². The van der Waals surface area contributed by atoms with Crippen LogP contribution in [0.25, 0.3) is 0 Å². The molecule has 0 aliphatic rings. The molecule has 4 heteroatoms. The van der Waals surface area contributed by atoms with E-state index in [0.29, 0.717) is 23.6 Å². The Balaban J connectivity index is 2.76. The number of benzene rings is 1. The van der Waals surface area contributed by atoms with Crippen LogP contribution in [-0.2, 0) is 4.74 Å². The van der Waals surface area contributed by atoms with E-state index in [1.165, 1.54) is 12.1 Å². The van der Waals surface area contributed by atoms with Crippen LogP contribution in [0.3, 0.4) is 0 Å². The zero-order valence-corrected chi connectivity index (χ0v) is 9.52. The van der Waals surface area contributed by atoms with E-state index in [9.17, 15) is 4.79 Å². The van der Waals surface area contributed by atoms with Gasteiger partial charge in [0.15, 0.2) is 0 Å². The topological polar surface area (TPSA) is 61.5 Å². The molecule has 0 bridgehead atoms. The zero-order chi connectivity index (χ0) is 12.7. The van der Waals surface area contributed by atoms with E-state index in [-0.39, 0.29) is 6.61 Å². The Hall–Kier alpha value is -2.23. The first-order valence-corrected chi connectivity index (χ1v) is 5.10. The lowest BCUT2D eigenvalue weighted by Crippen LogP contribution is -2.06. The van der Waals surface area contributed by atoms with Gasteiger partial charge in [-0.25, -0.2) is 4.79 Å². The van der Waals surface area contributed by atoms with Gasteiger partial charge in [0.1, 0.15) is 19.0 Å². The van der Waals surface area contributed by atoms with Gasteiger partial charge in [0.25, 0.3) is 0 Å². The molecule has 0 aromatic heterocycles. The highest BCUT2D eigenvalue weighted by molar-refractivity contribution is 5.91. The number of carbonyl (C=O) groups excluding carboxylic acids is 1. The van der Waals surface area contributed by atoms with Crippen molar-refractivity contribution in [1.29, 1.82) is 0 Å². The lowest BCUT2D eigenvalue weighted by atomic mass is 10.2. The summed E-state index contributed by atoms with van der Waals surface area (Å²) >= 11 is 0. The molecule has 1 rings (SSSR count). The fraction of sp³-hybridized carbons (Fsp3) is 0.154. The molecule has 0 saturated heterocycles. The highest BCUT2D eigenvalue weighted by Crippen LogP contribution is 2.22. The van der Waals surface area contributed by atoms with Crippen LogP contribution in [0.1, 0.15) is 10.4 Å². The van der Waals surface area contributed by atoms with Crippen LogP contribution in [0.4, 0.5) is 5.69 Å². The van der Waals surface area contributed by atoms with E-state index in [4.69, 9.17) is 15.2 Å². The molecule has 0 heterocycles. The van der Waals surface area contributed by atoms with E-state index < -0.39 is 5.97 Å². The summed E-state index contributed by atoms with van der Waals surface area (Å²) in [7, 11) is 0. The van der Waals surface area contributed by atoms with Gasteiger partial charge >= 0.3 is 5.97 Å². The van der Waals surface area contributed by atoms with Gasteiger partial charge in [-0.05, 0) is 18.2 Å². The lowest BCUT2D eigenvalue weighted by Gasteiger charge is -2.08. The summed E-state index contributed by atoms with van der Waals surface area (Å²) in [5.74, 6) is 0.0806. The molecule has 0 atom stereocenters. The first-order chi connectivity index (χ1) is 8.19. The molecule has 90 valence electrons. The molecule has 1 aromatic carbocycles. The second kappa shape index (κ2) is 6.37. The Labute approximate surface area is 100 Å².